The zero-order valence-corrected chi connectivity index (χ0v) is 16.1. The Morgan fingerprint density at radius 2 is 1.59 bits per heavy atom. The number of anilines is 2. The van der Waals surface area contributed by atoms with E-state index in [2.05, 4.69) is 32.7 Å². The average molecular weight is 360 g/mol. The predicted molar refractivity (Wildman–Crippen MR) is 109 cm³/mol. The van der Waals surface area contributed by atoms with E-state index in [0.29, 0.717) is 23.9 Å². The minimum Gasteiger partial charge on any atom is -0.366 e. The van der Waals surface area contributed by atoms with Crippen LogP contribution in [0.2, 0.25) is 0 Å². The van der Waals surface area contributed by atoms with Crippen molar-refractivity contribution in [3.63, 3.8) is 0 Å². The molecule has 1 amide bonds. The van der Waals surface area contributed by atoms with Crippen LogP contribution >= 0.6 is 0 Å². The molecule has 0 spiro atoms. The summed E-state index contributed by atoms with van der Waals surface area (Å²) in [7, 11) is 0. The van der Waals surface area contributed by atoms with Gasteiger partial charge >= 0.3 is 0 Å². The number of hydrogen-bond donors (Lipinski definition) is 2. The largest absolute Gasteiger partial charge is 0.366 e. The first-order valence-corrected chi connectivity index (χ1v) is 8.95. The summed E-state index contributed by atoms with van der Waals surface area (Å²) in [5.41, 5.74) is 5.57. The highest BCUT2D eigenvalue weighted by atomic mass is 16.1. The fourth-order valence-electron chi connectivity index (χ4n) is 3.12. The van der Waals surface area contributed by atoms with E-state index in [1.54, 1.807) is 13.0 Å². The number of aryl methyl sites for hydroxylation is 4. The Kier molecular flexibility index (Phi) is 5.50. The maximum absolute atomic E-state index is 12.8. The molecule has 1 aromatic heterocycles. The van der Waals surface area contributed by atoms with Gasteiger partial charge in [-0.25, -0.2) is 9.97 Å². The second kappa shape index (κ2) is 7.99. The summed E-state index contributed by atoms with van der Waals surface area (Å²) in [6.45, 7) is 8.45. The molecule has 0 saturated heterocycles. The van der Waals surface area contributed by atoms with Crippen LogP contribution in [0.5, 0.6) is 0 Å². The predicted octanol–water partition coefficient (Wildman–Crippen LogP) is 4.57. The van der Waals surface area contributed by atoms with Crippen LogP contribution in [0.3, 0.4) is 0 Å². The monoisotopic (exact) mass is 360 g/mol. The SMILES string of the molecule is Cc1cc(C)c(NC(=O)c2cc(NCc3ccccc3)nc(C)n2)c(C)c1. The highest BCUT2D eigenvalue weighted by Crippen LogP contribution is 2.22. The fraction of sp³-hybridized carbons (Fsp3) is 0.227. The highest BCUT2D eigenvalue weighted by Gasteiger charge is 2.13. The third kappa shape index (κ3) is 4.70. The summed E-state index contributed by atoms with van der Waals surface area (Å²) in [6, 6.07) is 15.8. The Morgan fingerprint density at radius 3 is 2.26 bits per heavy atom. The minimum atomic E-state index is -0.238. The smallest absolute Gasteiger partial charge is 0.274 e. The van der Waals surface area contributed by atoms with Gasteiger partial charge in [0.25, 0.3) is 5.91 Å². The minimum absolute atomic E-state index is 0.238. The molecule has 138 valence electrons. The van der Waals surface area contributed by atoms with E-state index < -0.39 is 0 Å². The number of hydrogen-bond acceptors (Lipinski definition) is 4. The number of carbonyl (C=O) groups excluding carboxylic acids is 1. The van der Waals surface area contributed by atoms with Gasteiger partial charge in [-0.1, -0.05) is 48.0 Å². The van der Waals surface area contributed by atoms with Crippen LogP contribution in [0.15, 0.2) is 48.5 Å². The van der Waals surface area contributed by atoms with Gasteiger partial charge in [-0.2, -0.15) is 0 Å². The molecule has 0 radical (unpaired) electrons. The second-order valence-electron chi connectivity index (χ2n) is 6.75. The molecule has 0 fully saturated rings. The van der Waals surface area contributed by atoms with Gasteiger partial charge in [-0.15, -0.1) is 0 Å². The molecule has 0 atom stereocenters. The van der Waals surface area contributed by atoms with E-state index in [-0.39, 0.29) is 5.91 Å². The maximum atomic E-state index is 12.8. The fourth-order valence-corrected chi connectivity index (χ4v) is 3.12. The van der Waals surface area contributed by atoms with Gasteiger partial charge in [-0.3, -0.25) is 4.79 Å². The molecule has 5 nitrogen and oxygen atoms in total. The number of carbonyl (C=O) groups is 1. The van der Waals surface area contributed by atoms with Crippen LogP contribution < -0.4 is 10.6 Å². The molecule has 0 aliphatic carbocycles. The molecule has 0 bridgehead atoms. The molecule has 27 heavy (non-hydrogen) atoms. The Morgan fingerprint density at radius 1 is 0.926 bits per heavy atom. The van der Waals surface area contributed by atoms with Gasteiger partial charge in [0.1, 0.15) is 17.3 Å². The molecule has 3 aromatic rings. The summed E-state index contributed by atoms with van der Waals surface area (Å²) >= 11 is 0. The Bertz CT molecular complexity index is 944. The first-order valence-electron chi connectivity index (χ1n) is 8.95. The van der Waals surface area contributed by atoms with Crippen molar-refractivity contribution < 1.29 is 4.79 Å². The third-order valence-electron chi connectivity index (χ3n) is 4.30. The van der Waals surface area contributed by atoms with Crippen LogP contribution in [-0.2, 0) is 6.54 Å². The van der Waals surface area contributed by atoms with Crippen LogP contribution in [0.4, 0.5) is 11.5 Å². The lowest BCUT2D eigenvalue weighted by atomic mass is 10.0. The van der Waals surface area contributed by atoms with Crippen molar-refractivity contribution in [1.82, 2.24) is 9.97 Å². The average Bonchev–Trinajstić information content (AvgIpc) is 2.63. The van der Waals surface area contributed by atoms with Gasteiger partial charge in [0.2, 0.25) is 0 Å². The van der Waals surface area contributed by atoms with Crippen LogP contribution in [0, 0.1) is 27.7 Å². The Balaban J connectivity index is 1.78. The molecule has 5 heteroatoms. The van der Waals surface area contributed by atoms with Crippen molar-refractivity contribution in [3.8, 4) is 0 Å². The lowest BCUT2D eigenvalue weighted by molar-refractivity contribution is 0.102. The molecule has 3 rings (SSSR count). The number of rotatable bonds is 5. The van der Waals surface area contributed by atoms with Crippen LogP contribution in [-0.4, -0.2) is 15.9 Å². The topological polar surface area (TPSA) is 66.9 Å². The molecular weight excluding hydrogens is 336 g/mol. The number of benzene rings is 2. The summed E-state index contributed by atoms with van der Waals surface area (Å²) in [6.07, 6.45) is 0. The molecule has 0 saturated carbocycles. The van der Waals surface area contributed by atoms with Crippen molar-refractivity contribution in [2.24, 2.45) is 0 Å². The van der Waals surface area contributed by atoms with E-state index >= 15 is 0 Å². The van der Waals surface area contributed by atoms with E-state index in [9.17, 15) is 4.79 Å². The van der Waals surface area contributed by atoms with Gasteiger partial charge in [0.05, 0.1) is 0 Å². The summed E-state index contributed by atoms with van der Waals surface area (Å²) in [5.74, 6) is 0.947. The zero-order valence-electron chi connectivity index (χ0n) is 16.1. The number of nitrogens with one attached hydrogen (secondary N) is 2. The number of amides is 1. The summed E-state index contributed by atoms with van der Waals surface area (Å²) < 4.78 is 0. The Hall–Kier alpha value is -3.21. The van der Waals surface area contributed by atoms with Gasteiger partial charge in [0.15, 0.2) is 0 Å². The van der Waals surface area contributed by atoms with E-state index in [1.165, 1.54) is 5.56 Å². The zero-order chi connectivity index (χ0) is 19.4. The molecule has 2 N–H and O–H groups in total. The third-order valence-corrected chi connectivity index (χ3v) is 4.30. The molecule has 0 aliphatic rings. The first kappa shape index (κ1) is 18.6. The number of nitrogens with zero attached hydrogens (tertiary/aromatic N) is 2. The number of aromatic nitrogens is 2. The standard InChI is InChI=1S/C22H24N4O/c1-14-10-15(2)21(16(3)11-14)26-22(27)19-12-20(25-17(4)24-19)23-13-18-8-6-5-7-9-18/h5-12H,13H2,1-4H3,(H,26,27)(H,23,24,25). The van der Waals surface area contributed by atoms with Crippen molar-refractivity contribution >= 4 is 17.4 Å². The highest BCUT2D eigenvalue weighted by molar-refractivity contribution is 6.04. The van der Waals surface area contributed by atoms with E-state index in [0.717, 1.165) is 22.4 Å². The Labute approximate surface area is 159 Å². The molecule has 1 heterocycles. The first-order chi connectivity index (χ1) is 12.9. The van der Waals surface area contributed by atoms with Crippen LogP contribution in [0.25, 0.3) is 0 Å². The molecule has 2 aromatic carbocycles. The molecular formula is C22H24N4O. The normalized spacial score (nSPS) is 10.5. The van der Waals surface area contributed by atoms with Crippen LogP contribution in [0.1, 0.15) is 38.6 Å². The quantitative estimate of drug-likeness (QED) is 0.699. The van der Waals surface area contributed by atoms with E-state index in [1.807, 2.05) is 51.1 Å². The second-order valence-corrected chi connectivity index (χ2v) is 6.75. The lowest BCUT2D eigenvalue weighted by Crippen LogP contribution is -2.17. The van der Waals surface area contributed by atoms with E-state index in [4.69, 9.17) is 0 Å². The van der Waals surface area contributed by atoms with Crippen molar-refractivity contribution in [2.45, 2.75) is 34.2 Å². The van der Waals surface area contributed by atoms with Crippen molar-refractivity contribution in [1.29, 1.82) is 0 Å². The summed E-state index contributed by atoms with van der Waals surface area (Å²) in [4.78, 5) is 21.4. The van der Waals surface area contributed by atoms with Crippen molar-refractivity contribution in [2.75, 3.05) is 10.6 Å². The maximum Gasteiger partial charge on any atom is 0.274 e. The summed E-state index contributed by atoms with van der Waals surface area (Å²) in [5, 5.41) is 6.25. The van der Waals surface area contributed by atoms with Gasteiger partial charge in [-0.05, 0) is 44.4 Å². The van der Waals surface area contributed by atoms with Crippen molar-refractivity contribution in [3.05, 3.63) is 82.3 Å². The van der Waals surface area contributed by atoms with Gasteiger partial charge in [0, 0.05) is 18.3 Å². The van der Waals surface area contributed by atoms with Gasteiger partial charge < -0.3 is 10.6 Å². The molecule has 0 aliphatic heterocycles. The lowest BCUT2D eigenvalue weighted by Gasteiger charge is -2.13. The molecule has 0 unspecified atom stereocenters.